The monoisotopic (exact) mass is 395 g/mol. The third-order valence-electron chi connectivity index (χ3n) is 4.14. The van der Waals surface area contributed by atoms with E-state index in [0.717, 1.165) is 0 Å². The van der Waals surface area contributed by atoms with Gasteiger partial charge in [-0.15, -0.1) is 0 Å². The van der Waals surface area contributed by atoms with E-state index in [4.69, 9.17) is 26.2 Å². The van der Waals surface area contributed by atoms with Crippen molar-refractivity contribution in [3.63, 3.8) is 0 Å². The smallest absolute Gasteiger partial charge is 0.305 e. The molecule has 9 nitrogen and oxygen atoms in total. The number of carboxylic acid groups (broad SMARTS) is 1. The van der Waals surface area contributed by atoms with Gasteiger partial charge in [-0.1, -0.05) is 11.6 Å². The zero-order valence-electron chi connectivity index (χ0n) is 14.5. The van der Waals surface area contributed by atoms with E-state index in [9.17, 15) is 14.4 Å². The molecule has 27 heavy (non-hydrogen) atoms. The van der Waals surface area contributed by atoms with Gasteiger partial charge in [0.15, 0.2) is 0 Å². The minimum absolute atomic E-state index is 0.244. The first-order valence-electron chi connectivity index (χ1n) is 8.32. The highest BCUT2D eigenvalue weighted by Crippen LogP contribution is 2.39. The second kappa shape index (κ2) is 7.83. The lowest BCUT2D eigenvalue weighted by atomic mass is 10.1. The molecule has 3 rings (SSSR count). The van der Waals surface area contributed by atoms with Crippen LogP contribution < -0.4 is 10.1 Å². The lowest BCUT2D eigenvalue weighted by molar-refractivity contribution is -0.141. The molecule has 1 aromatic carbocycles. The van der Waals surface area contributed by atoms with Crippen LogP contribution in [0.1, 0.15) is 25.3 Å². The van der Waals surface area contributed by atoms with Gasteiger partial charge in [0.1, 0.15) is 11.8 Å². The van der Waals surface area contributed by atoms with E-state index in [-0.39, 0.29) is 25.5 Å². The molecule has 1 saturated heterocycles. The van der Waals surface area contributed by atoms with Crippen molar-refractivity contribution in [2.24, 2.45) is 4.99 Å². The predicted molar refractivity (Wildman–Crippen MR) is 95.0 cm³/mol. The normalized spacial score (nSPS) is 17.6. The Balaban J connectivity index is 1.72. The maximum atomic E-state index is 12.0. The Morgan fingerprint density at radius 3 is 2.89 bits per heavy atom. The third-order valence-corrected chi connectivity index (χ3v) is 4.56. The fourth-order valence-electron chi connectivity index (χ4n) is 2.90. The molecule has 10 heteroatoms. The largest absolute Gasteiger partial charge is 0.492 e. The molecule has 1 amide bonds. The molecule has 0 saturated carbocycles. The number of hydrogen-bond donors (Lipinski definition) is 2. The van der Waals surface area contributed by atoms with Gasteiger partial charge in [0.25, 0.3) is 0 Å². The number of guanidine groups is 1. The fraction of sp³-hybridized carbons (Fsp3) is 0.412. The molecule has 0 aromatic heterocycles. The molecule has 2 heterocycles. The number of aliphatic imine (C=N–C) groups is 1. The van der Waals surface area contributed by atoms with Gasteiger partial charge < -0.3 is 19.5 Å². The fourth-order valence-corrected chi connectivity index (χ4v) is 3.17. The number of ether oxygens (including phenoxy) is 2. The van der Waals surface area contributed by atoms with Gasteiger partial charge in [-0.05, 0) is 12.1 Å². The van der Waals surface area contributed by atoms with Crippen LogP contribution in [-0.2, 0) is 25.7 Å². The summed E-state index contributed by atoms with van der Waals surface area (Å²) >= 11 is 6.44. The number of esters is 1. The summed E-state index contributed by atoms with van der Waals surface area (Å²) in [4.78, 5) is 39.8. The number of amides is 1. The Labute approximate surface area is 159 Å². The number of benzene rings is 1. The second-order valence-corrected chi connectivity index (χ2v) is 6.46. The second-order valence-electron chi connectivity index (χ2n) is 6.08. The van der Waals surface area contributed by atoms with E-state index >= 15 is 0 Å². The third kappa shape index (κ3) is 4.13. The van der Waals surface area contributed by atoms with Crippen molar-refractivity contribution in [1.82, 2.24) is 10.2 Å². The summed E-state index contributed by atoms with van der Waals surface area (Å²) in [7, 11) is 0. The van der Waals surface area contributed by atoms with Crippen LogP contribution in [-0.4, -0.2) is 53.1 Å². The van der Waals surface area contributed by atoms with Gasteiger partial charge in [-0.2, -0.15) is 0 Å². The van der Waals surface area contributed by atoms with Crippen LogP contribution in [0, 0.1) is 0 Å². The van der Waals surface area contributed by atoms with Gasteiger partial charge in [0.2, 0.25) is 11.9 Å². The van der Waals surface area contributed by atoms with Crippen LogP contribution in [0.15, 0.2) is 17.1 Å². The van der Waals surface area contributed by atoms with Crippen LogP contribution in [0.5, 0.6) is 5.75 Å². The number of carboxylic acids is 1. The van der Waals surface area contributed by atoms with Crippen LogP contribution in [0.3, 0.4) is 0 Å². The lowest BCUT2D eigenvalue weighted by Gasteiger charge is -2.28. The highest BCUT2D eigenvalue weighted by molar-refractivity contribution is 6.33. The molecule has 0 bridgehead atoms. The Morgan fingerprint density at radius 2 is 2.19 bits per heavy atom. The molecule has 1 atom stereocenters. The molecule has 0 spiro atoms. The van der Waals surface area contributed by atoms with Crippen molar-refractivity contribution in [3.8, 4) is 5.75 Å². The molecule has 0 aliphatic carbocycles. The molecular formula is C17H18ClN3O6. The minimum Gasteiger partial charge on any atom is -0.492 e. The highest BCUT2D eigenvalue weighted by Gasteiger charge is 2.40. The van der Waals surface area contributed by atoms with Crippen LogP contribution in [0.25, 0.3) is 0 Å². The number of rotatable bonds is 7. The predicted octanol–water partition coefficient (Wildman–Crippen LogP) is 1.45. The summed E-state index contributed by atoms with van der Waals surface area (Å²) in [5, 5.41) is 12.0. The molecule has 2 N–H and O–H groups in total. The van der Waals surface area contributed by atoms with Crippen molar-refractivity contribution in [1.29, 1.82) is 0 Å². The van der Waals surface area contributed by atoms with Crippen LogP contribution in [0.2, 0.25) is 5.02 Å². The van der Waals surface area contributed by atoms with Crippen molar-refractivity contribution in [3.05, 3.63) is 22.7 Å². The molecule has 1 unspecified atom stereocenters. The maximum Gasteiger partial charge on any atom is 0.305 e. The number of fused-ring (bicyclic) bond motifs is 2. The molecule has 144 valence electrons. The molecular weight excluding hydrogens is 378 g/mol. The van der Waals surface area contributed by atoms with Gasteiger partial charge in [0, 0.05) is 18.9 Å². The minimum atomic E-state index is -1.07. The number of carbonyl (C=O) groups excluding carboxylic acids is 2. The number of hydrogen-bond acceptors (Lipinski definition) is 7. The summed E-state index contributed by atoms with van der Waals surface area (Å²) in [6, 6.07) is 2.57. The van der Waals surface area contributed by atoms with Crippen molar-refractivity contribution in [2.45, 2.75) is 32.4 Å². The van der Waals surface area contributed by atoms with E-state index in [1.807, 2.05) is 0 Å². The van der Waals surface area contributed by atoms with E-state index < -0.39 is 17.9 Å². The highest BCUT2D eigenvalue weighted by atomic mass is 35.5. The van der Waals surface area contributed by atoms with Crippen molar-refractivity contribution >= 4 is 41.1 Å². The van der Waals surface area contributed by atoms with E-state index in [1.54, 1.807) is 17.0 Å². The number of carbonyl (C=O) groups is 3. The van der Waals surface area contributed by atoms with Gasteiger partial charge in [-0.3, -0.25) is 19.7 Å². The number of nitrogens with one attached hydrogen (secondary N) is 1. The maximum absolute atomic E-state index is 12.0. The first kappa shape index (κ1) is 19.0. The molecule has 1 aromatic rings. The van der Waals surface area contributed by atoms with E-state index in [2.05, 4.69) is 10.3 Å². The molecule has 1 fully saturated rings. The first-order chi connectivity index (χ1) is 12.9. The summed E-state index contributed by atoms with van der Waals surface area (Å²) in [5.41, 5.74) is 1.25. The van der Waals surface area contributed by atoms with Gasteiger partial charge in [0.05, 0.1) is 36.9 Å². The van der Waals surface area contributed by atoms with Crippen LogP contribution in [0.4, 0.5) is 5.69 Å². The zero-order valence-corrected chi connectivity index (χ0v) is 15.3. The summed E-state index contributed by atoms with van der Waals surface area (Å²) in [6.45, 7) is 2.15. The summed E-state index contributed by atoms with van der Waals surface area (Å²) < 4.78 is 10.5. The number of aliphatic carboxylic acids is 1. The van der Waals surface area contributed by atoms with Gasteiger partial charge >= 0.3 is 11.9 Å². The summed E-state index contributed by atoms with van der Waals surface area (Å²) in [5.74, 6) is -1.05. The Kier molecular flexibility index (Phi) is 5.50. The molecule has 2 aliphatic heterocycles. The molecule has 2 aliphatic rings. The van der Waals surface area contributed by atoms with E-state index in [0.29, 0.717) is 41.0 Å². The van der Waals surface area contributed by atoms with Crippen molar-refractivity contribution in [2.75, 3.05) is 13.2 Å². The zero-order chi connectivity index (χ0) is 19.6. The Bertz CT molecular complexity index is 825. The standard InChI is InChI=1S/C17H18ClN3O6/c1-9(22)26-5-2-6-27-13-4-3-11-10(15(13)18)8-21-12(7-14(23)24)16(25)20-17(21)19-11/h3-4,12H,2,5-8H2,1H3,(H,23,24)(H,19,20,25). The number of halogens is 1. The van der Waals surface area contributed by atoms with Gasteiger partial charge in [-0.25, -0.2) is 4.99 Å². The summed E-state index contributed by atoms with van der Waals surface area (Å²) in [6.07, 6.45) is 0.185. The van der Waals surface area contributed by atoms with Crippen LogP contribution >= 0.6 is 11.6 Å². The Morgan fingerprint density at radius 1 is 1.41 bits per heavy atom. The average Bonchev–Trinajstić information content (AvgIpc) is 2.89. The Hall–Kier alpha value is -2.81. The topological polar surface area (TPSA) is 118 Å². The quantitative estimate of drug-likeness (QED) is 0.530. The van der Waals surface area contributed by atoms with E-state index in [1.165, 1.54) is 6.92 Å². The average molecular weight is 396 g/mol. The molecule has 0 radical (unpaired) electrons. The first-order valence-corrected chi connectivity index (χ1v) is 8.70. The SMILES string of the molecule is CC(=O)OCCCOc1ccc2c(c1Cl)CN1C(=N2)NC(=O)C1CC(=O)O. The van der Waals surface area contributed by atoms with Crippen molar-refractivity contribution < 1.29 is 29.0 Å². The lowest BCUT2D eigenvalue weighted by Crippen LogP contribution is -2.38. The number of nitrogens with zero attached hydrogens (tertiary/aromatic N) is 2.